The Kier molecular flexibility index (Phi) is 3.88. The summed E-state index contributed by atoms with van der Waals surface area (Å²) in [6, 6.07) is 7.39. The van der Waals surface area contributed by atoms with Gasteiger partial charge in [-0.25, -0.2) is 4.72 Å². The van der Waals surface area contributed by atoms with Crippen LogP contribution in [0.5, 0.6) is 0 Å². The van der Waals surface area contributed by atoms with Crippen molar-refractivity contribution in [3.05, 3.63) is 29.8 Å². The topological polar surface area (TPSA) is 78.2 Å². The zero-order chi connectivity index (χ0) is 9.68. The van der Waals surface area contributed by atoms with E-state index in [9.17, 15) is 8.76 Å². The summed E-state index contributed by atoms with van der Waals surface area (Å²) in [6.45, 7) is 0.379. The van der Waals surface area contributed by atoms with Gasteiger partial charge in [0.1, 0.15) is 0 Å². The Balaban J connectivity index is 2.45. The molecule has 0 saturated heterocycles. The molecule has 1 rings (SSSR count). The molecule has 0 aliphatic carbocycles. The summed E-state index contributed by atoms with van der Waals surface area (Å²) < 4.78 is 22.5. The molecule has 0 aromatic heterocycles. The fraction of sp³-hybridized carbons (Fsp3) is 0.250. The molecule has 0 amide bonds. The van der Waals surface area contributed by atoms with Crippen molar-refractivity contribution in [3.63, 3.8) is 0 Å². The van der Waals surface area contributed by atoms with E-state index in [1.54, 1.807) is 6.07 Å². The smallest absolute Gasteiger partial charge is 0.0347 e. The van der Waals surface area contributed by atoms with Gasteiger partial charge >= 0.3 is 0 Å². The number of rotatable bonds is 4. The fourth-order valence-corrected chi connectivity index (χ4v) is 1.30. The van der Waals surface area contributed by atoms with Gasteiger partial charge in [0, 0.05) is 23.5 Å². The van der Waals surface area contributed by atoms with Crippen molar-refractivity contribution < 1.29 is 8.76 Å². The van der Waals surface area contributed by atoms with Crippen molar-refractivity contribution in [1.29, 1.82) is 0 Å². The minimum absolute atomic E-state index is 0.379. The van der Waals surface area contributed by atoms with E-state index >= 15 is 0 Å². The standard InChI is InChI=1S/C8H12N2O2S/c9-8-4-2-1-3-7(8)5-6-10-13(11)12/h1-4,10H,5-6,9H2,(H,11,12)/p-1. The van der Waals surface area contributed by atoms with E-state index in [0.29, 0.717) is 18.7 Å². The molecule has 3 N–H and O–H groups in total. The number of hydrogen-bond donors (Lipinski definition) is 2. The van der Waals surface area contributed by atoms with Crippen molar-refractivity contribution >= 4 is 17.0 Å². The third-order valence-electron chi connectivity index (χ3n) is 1.67. The second-order valence-corrected chi connectivity index (χ2v) is 3.34. The van der Waals surface area contributed by atoms with Gasteiger partial charge in [0.2, 0.25) is 0 Å². The molecule has 0 bridgehead atoms. The zero-order valence-electron chi connectivity index (χ0n) is 7.03. The molecular formula is C8H11N2O2S-. The Morgan fingerprint density at radius 3 is 2.77 bits per heavy atom. The van der Waals surface area contributed by atoms with E-state index in [-0.39, 0.29) is 0 Å². The minimum Gasteiger partial charge on any atom is -0.760 e. The summed E-state index contributed by atoms with van der Waals surface area (Å²) in [5.74, 6) is 0. The maximum atomic E-state index is 10.1. The van der Waals surface area contributed by atoms with E-state index in [0.717, 1.165) is 5.56 Å². The van der Waals surface area contributed by atoms with Gasteiger partial charge in [0.25, 0.3) is 0 Å². The van der Waals surface area contributed by atoms with Crippen molar-refractivity contribution in [2.45, 2.75) is 6.42 Å². The van der Waals surface area contributed by atoms with Crippen molar-refractivity contribution in [3.8, 4) is 0 Å². The molecule has 1 aromatic rings. The molecule has 13 heavy (non-hydrogen) atoms. The molecule has 0 fully saturated rings. The summed E-state index contributed by atoms with van der Waals surface area (Å²) in [5, 5.41) is 0. The minimum atomic E-state index is -2.19. The summed E-state index contributed by atoms with van der Waals surface area (Å²) in [4.78, 5) is 0. The van der Waals surface area contributed by atoms with Crippen molar-refractivity contribution in [2.24, 2.45) is 0 Å². The number of hydrogen-bond acceptors (Lipinski definition) is 3. The lowest BCUT2D eigenvalue weighted by Gasteiger charge is -2.08. The van der Waals surface area contributed by atoms with E-state index in [1.165, 1.54) is 0 Å². The zero-order valence-corrected chi connectivity index (χ0v) is 7.84. The largest absolute Gasteiger partial charge is 0.760 e. The van der Waals surface area contributed by atoms with Crippen LogP contribution in [-0.2, 0) is 17.7 Å². The van der Waals surface area contributed by atoms with Crippen molar-refractivity contribution in [1.82, 2.24) is 4.72 Å². The maximum absolute atomic E-state index is 10.1. The lowest BCUT2D eigenvalue weighted by molar-refractivity contribution is 0.523. The van der Waals surface area contributed by atoms with Crippen LogP contribution in [-0.4, -0.2) is 15.3 Å². The van der Waals surface area contributed by atoms with Crippen LogP contribution in [0, 0.1) is 0 Å². The number of nitrogen functional groups attached to an aromatic ring is 1. The highest BCUT2D eigenvalue weighted by molar-refractivity contribution is 7.77. The Labute approximate surface area is 79.6 Å². The SMILES string of the molecule is Nc1ccccc1CCNS(=O)[O-]. The summed E-state index contributed by atoms with van der Waals surface area (Å²) >= 11 is -2.19. The van der Waals surface area contributed by atoms with Crippen molar-refractivity contribution in [2.75, 3.05) is 12.3 Å². The molecule has 1 unspecified atom stereocenters. The predicted octanol–water partition coefficient (Wildman–Crippen LogP) is 0.195. The van der Waals surface area contributed by atoms with E-state index < -0.39 is 11.3 Å². The van der Waals surface area contributed by atoms with Crippen LogP contribution in [0.3, 0.4) is 0 Å². The molecule has 4 nitrogen and oxygen atoms in total. The fourth-order valence-electron chi connectivity index (χ4n) is 1.03. The Morgan fingerprint density at radius 2 is 2.15 bits per heavy atom. The second-order valence-electron chi connectivity index (χ2n) is 2.58. The van der Waals surface area contributed by atoms with Crippen LogP contribution in [0.2, 0.25) is 0 Å². The number of benzene rings is 1. The predicted molar refractivity (Wildman–Crippen MR) is 51.5 cm³/mol. The molecule has 1 atom stereocenters. The summed E-state index contributed by atoms with van der Waals surface area (Å²) in [6.07, 6.45) is 0.612. The number of para-hydroxylation sites is 1. The molecule has 1 aromatic carbocycles. The normalized spacial score (nSPS) is 12.7. The van der Waals surface area contributed by atoms with E-state index in [4.69, 9.17) is 5.73 Å². The van der Waals surface area contributed by atoms with E-state index in [2.05, 4.69) is 4.72 Å². The lowest BCUT2D eigenvalue weighted by atomic mass is 10.1. The van der Waals surface area contributed by atoms with E-state index in [1.807, 2.05) is 18.2 Å². The third-order valence-corrected chi connectivity index (χ3v) is 2.11. The summed E-state index contributed by atoms with van der Waals surface area (Å²) in [5.41, 5.74) is 7.31. The van der Waals surface area contributed by atoms with Gasteiger partial charge in [-0.15, -0.1) is 0 Å². The molecule has 0 aliphatic rings. The Morgan fingerprint density at radius 1 is 1.46 bits per heavy atom. The van der Waals surface area contributed by atoms with Gasteiger partial charge in [0.15, 0.2) is 0 Å². The maximum Gasteiger partial charge on any atom is 0.0347 e. The molecule has 5 heteroatoms. The molecule has 0 saturated carbocycles. The highest BCUT2D eigenvalue weighted by Gasteiger charge is 1.96. The van der Waals surface area contributed by atoms with Crippen LogP contribution in [0.1, 0.15) is 5.56 Å². The first kappa shape index (κ1) is 10.2. The first-order valence-corrected chi connectivity index (χ1v) is 4.94. The van der Waals surface area contributed by atoms with Gasteiger partial charge in [-0.1, -0.05) is 18.2 Å². The monoisotopic (exact) mass is 199 g/mol. The highest BCUT2D eigenvalue weighted by atomic mass is 32.2. The van der Waals surface area contributed by atoms with Gasteiger partial charge in [0.05, 0.1) is 0 Å². The van der Waals surface area contributed by atoms with Crippen LogP contribution in [0.25, 0.3) is 0 Å². The van der Waals surface area contributed by atoms with Gasteiger partial charge < -0.3 is 10.3 Å². The van der Waals surface area contributed by atoms with Gasteiger partial charge in [-0.3, -0.25) is 4.21 Å². The first-order chi connectivity index (χ1) is 6.20. The average molecular weight is 199 g/mol. The Bertz CT molecular complexity index is 304. The van der Waals surface area contributed by atoms with Crippen LogP contribution >= 0.6 is 0 Å². The number of nitrogens with two attached hydrogens (primary N) is 1. The van der Waals surface area contributed by atoms with Crippen LogP contribution in [0.4, 0.5) is 5.69 Å². The number of nitrogens with one attached hydrogen (secondary N) is 1. The summed E-state index contributed by atoms with van der Waals surface area (Å²) in [7, 11) is 0. The lowest BCUT2D eigenvalue weighted by Crippen LogP contribution is -2.19. The van der Waals surface area contributed by atoms with Gasteiger partial charge in [-0.05, 0) is 18.1 Å². The second kappa shape index (κ2) is 4.96. The average Bonchev–Trinajstić information content (AvgIpc) is 2.08. The molecule has 0 heterocycles. The molecule has 0 aliphatic heterocycles. The Hall–Kier alpha value is -0.910. The third kappa shape index (κ3) is 3.54. The van der Waals surface area contributed by atoms with Crippen LogP contribution in [0.15, 0.2) is 24.3 Å². The quantitative estimate of drug-likeness (QED) is 0.537. The highest BCUT2D eigenvalue weighted by Crippen LogP contribution is 2.10. The first-order valence-electron chi connectivity index (χ1n) is 3.86. The molecule has 72 valence electrons. The molecular weight excluding hydrogens is 188 g/mol. The van der Waals surface area contributed by atoms with Crippen LogP contribution < -0.4 is 10.5 Å². The number of anilines is 1. The molecule has 0 radical (unpaired) electrons. The molecule has 0 spiro atoms. The van der Waals surface area contributed by atoms with Gasteiger partial charge in [-0.2, -0.15) is 0 Å².